The summed E-state index contributed by atoms with van der Waals surface area (Å²) in [5, 5.41) is 3.98. The third kappa shape index (κ3) is 2.03. The van der Waals surface area contributed by atoms with E-state index in [9.17, 15) is 9.59 Å². The number of aromatic amines is 1. The number of nitrogens with zero attached hydrogens (tertiary/aromatic N) is 4. The van der Waals surface area contributed by atoms with Crippen LogP contribution in [0.3, 0.4) is 0 Å². The van der Waals surface area contributed by atoms with Crippen LogP contribution in [-0.2, 0) is 13.6 Å². The molecule has 0 amide bonds. The summed E-state index contributed by atoms with van der Waals surface area (Å²) in [6, 6.07) is 1.13. The van der Waals surface area contributed by atoms with E-state index in [0.717, 1.165) is 10.6 Å². The van der Waals surface area contributed by atoms with E-state index in [1.807, 2.05) is 0 Å². The minimum absolute atomic E-state index is 0.0141. The van der Waals surface area contributed by atoms with Crippen LogP contribution in [0.5, 0.6) is 0 Å². The third-order valence-electron chi connectivity index (χ3n) is 1.93. The number of halogens is 1. The van der Waals surface area contributed by atoms with Crippen LogP contribution >= 0.6 is 11.6 Å². The molecule has 0 bridgehead atoms. The maximum atomic E-state index is 11.5. The second kappa shape index (κ2) is 3.93. The van der Waals surface area contributed by atoms with Crippen LogP contribution in [0.1, 0.15) is 5.82 Å². The maximum absolute atomic E-state index is 11.5. The van der Waals surface area contributed by atoms with Crippen LogP contribution in [0.4, 0.5) is 0 Å². The van der Waals surface area contributed by atoms with Gasteiger partial charge in [-0.25, -0.2) is 9.78 Å². The fourth-order valence-corrected chi connectivity index (χ4v) is 1.41. The second-order valence-electron chi connectivity index (χ2n) is 3.18. The molecule has 0 aliphatic rings. The van der Waals surface area contributed by atoms with Crippen molar-refractivity contribution < 1.29 is 0 Å². The van der Waals surface area contributed by atoms with Crippen LogP contribution < -0.4 is 11.2 Å². The van der Waals surface area contributed by atoms with E-state index in [1.165, 1.54) is 11.0 Å². The van der Waals surface area contributed by atoms with Gasteiger partial charge in [0.15, 0.2) is 5.82 Å². The van der Waals surface area contributed by atoms with Gasteiger partial charge in [-0.15, -0.1) is 0 Å². The van der Waals surface area contributed by atoms with Crippen LogP contribution in [0.25, 0.3) is 0 Å². The Bertz CT molecular complexity index is 595. The van der Waals surface area contributed by atoms with Gasteiger partial charge in [-0.2, -0.15) is 5.10 Å². The highest BCUT2D eigenvalue weighted by Crippen LogP contribution is 1.95. The van der Waals surface area contributed by atoms with E-state index in [0.29, 0.717) is 5.82 Å². The number of hydrogen-bond donors (Lipinski definition) is 1. The first kappa shape index (κ1) is 10.6. The summed E-state index contributed by atoms with van der Waals surface area (Å²) in [5.41, 5.74) is -1.06. The molecule has 0 aromatic carbocycles. The monoisotopic (exact) mass is 241 g/mol. The molecule has 0 spiro atoms. The molecule has 0 saturated heterocycles. The van der Waals surface area contributed by atoms with Crippen molar-refractivity contribution >= 4 is 11.6 Å². The molecule has 7 nitrogen and oxygen atoms in total. The Morgan fingerprint density at radius 1 is 1.50 bits per heavy atom. The molecule has 0 aliphatic carbocycles. The lowest BCUT2D eigenvalue weighted by atomic mass is 10.5. The molecule has 2 aromatic rings. The van der Waals surface area contributed by atoms with Crippen molar-refractivity contribution in [2.45, 2.75) is 6.54 Å². The molecular formula is C8H8ClN5O2. The van der Waals surface area contributed by atoms with Crippen molar-refractivity contribution in [1.29, 1.82) is 0 Å². The fraction of sp³-hybridized carbons (Fsp3) is 0.250. The Balaban J connectivity index is 2.43. The lowest BCUT2D eigenvalue weighted by molar-refractivity contribution is 0.653. The van der Waals surface area contributed by atoms with Crippen LogP contribution in [-0.4, -0.2) is 24.3 Å². The Hall–Kier alpha value is -1.89. The molecule has 2 aromatic heterocycles. The minimum Gasteiger partial charge on any atom is -0.298 e. The summed E-state index contributed by atoms with van der Waals surface area (Å²) in [7, 11) is 1.70. The van der Waals surface area contributed by atoms with Gasteiger partial charge >= 0.3 is 5.69 Å². The molecule has 2 heterocycles. The van der Waals surface area contributed by atoms with Crippen molar-refractivity contribution in [1.82, 2.24) is 24.3 Å². The highest BCUT2D eigenvalue weighted by atomic mass is 35.5. The van der Waals surface area contributed by atoms with Gasteiger partial charge in [-0.3, -0.25) is 19.0 Å². The minimum atomic E-state index is -0.579. The smallest absolute Gasteiger partial charge is 0.298 e. The van der Waals surface area contributed by atoms with Gasteiger partial charge in [0, 0.05) is 13.1 Å². The first-order chi connectivity index (χ1) is 7.56. The predicted molar refractivity (Wildman–Crippen MR) is 56.4 cm³/mol. The molecule has 0 unspecified atom stereocenters. The van der Waals surface area contributed by atoms with Gasteiger partial charge in [-0.05, 0) is 0 Å². The summed E-state index contributed by atoms with van der Waals surface area (Å²) in [5.74, 6) is 0.387. The van der Waals surface area contributed by atoms with Gasteiger partial charge in [0.05, 0.1) is 6.54 Å². The van der Waals surface area contributed by atoms with Crippen molar-refractivity contribution in [2.24, 2.45) is 7.05 Å². The molecule has 1 N–H and O–H groups in total. The van der Waals surface area contributed by atoms with Gasteiger partial charge in [-0.1, -0.05) is 11.6 Å². The number of hydrogen-bond acceptors (Lipinski definition) is 4. The summed E-state index contributed by atoms with van der Waals surface area (Å²) >= 11 is 5.53. The Labute approximate surface area is 94.3 Å². The molecule has 16 heavy (non-hydrogen) atoms. The van der Waals surface area contributed by atoms with Crippen LogP contribution in [0.15, 0.2) is 22.0 Å². The number of rotatable bonds is 2. The molecule has 8 heteroatoms. The van der Waals surface area contributed by atoms with Gasteiger partial charge in [0.2, 0.25) is 0 Å². The highest BCUT2D eigenvalue weighted by Gasteiger charge is 2.06. The summed E-state index contributed by atoms with van der Waals surface area (Å²) < 4.78 is 2.46. The Kier molecular flexibility index (Phi) is 2.61. The fourth-order valence-electron chi connectivity index (χ4n) is 1.24. The normalized spacial score (nSPS) is 10.6. The number of aromatic nitrogens is 5. The van der Waals surface area contributed by atoms with E-state index in [2.05, 4.69) is 15.1 Å². The van der Waals surface area contributed by atoms with Gasteiger partial charge in [0.1, 0.15) is 11.5 Å². The van der Waals surface area contributed by atoms with E-state index < -0.39 is 11.2 Å². The van der Waals surface area contributed by atoms with Crippen molar-refractivity contribution in [3.63, 3.8) is 0 Å². The number of aryl methyl sites for hydroxylation is 1. The van der Waals surface area contributed by atoms with E-state index >= 15 is 0 Å². The quantitative estimate of drug-likeness (QED) is 0.709. The summed E-state index contributed by atoms with van der Waals surface area (Å²) in [4.78, 5) is 29.1. The molecule has 0 atom stereocenters. The maximum Gasteiger partial charge on any atom is 0.329 e. The highest BCUT2D eigenvalue weighted by molar-refractivity contribution is 6.29. The molecule has 0 fully saturated rings. The SMILES string of the molecule is Cn1cnc(Cn2c(=O)cc(Cl)[nH]c2=O)n1. The lowest BCUT2D eigenvalue weighted by Crippen LogP contribution is -2.35. The van der Waals surface area contributed by atoms with Crippen molar-refractivity contribution in [2.75, 3.05) is 0 Å². The number of H-pyrrole nitrogens is 1. The summed E-state index contributed by atoms with van der Waals surface area (Å²) in [6.07, 6.45) is 1.49. The van der Waals surface area contributed by atoms with E-state index in [1.54, 1.807) is 7.05 Å². The van der Waals surface area contributed by atoms with Crippen molar-refractivity contribution in [3.05, 3.63) is 44.2 Å². The first-order valence-electron chi connectivity index (χ1n) is 4.40. The van der Waals surface area contributed by atoms with E-state index in [-0.39, 0.29) is 11.7 Å². The molecule has 0 saturated carbocycles. The predicted octanol–water partition coefficient (Wildman–Crippen LogP) is -0.633. The van der Waals surface area contributed by atoms with E-state index in [4.69, 9.17) is 11.6 Å². The average Bonchev–Trinajstić information content (AvgIpc) is 2.58. The molecular weight excluding hydrogens is 234 g/mol. The zero-order valence-corrected chi connectivity index (χ0v) is 9.10. The largest absolute Gasteiger partial charge is 0.329 e. The zero-order chi connectivity index (χ0) is 11.7. The molecule has 0 aliphatic heterocycles. The topological polar surface area (TPSA) is 85.6 Å². The molecule has 0 radical (unpaired) electrons. The Morgan fingerprint density at radius 2 is 2.25 bits per heavy atom. The van der Waals surface area contributed by atoms with Gasteiger partial charge in [0.25, 0.3) is 5.56 Å². The molecule has 2 rings (SSSR count). The first-order valence-corrected chi connectivity index (χ1v) is 4.78. The second-order valence-corrected chi connectivity index (χ2v) is 3.59. The average molecular weight is 242 g/mol. The van der Waals surface area contributed by atoms with Gasteiger partial charge < -0.3 is 0 Å². The van der Waals surface area contributed by atoms with Crippen molar-refractivity contribution in [3.8, 4) is 0 Å². The lowest BCUT2D eigenvalue weighted by Gasteiger charge is -2.00. The third-order valence-corrected chi connectivity index (χ3v) is 2.14. The Morgan fingerprint density at radius 3 is 2.81 bits per heavy atom. The number of nitrogens with one attached hydrogen (secondary N) is 1. The van der Waals surface area contributed by atoms with Crippen LogP contribution in [0, 0.1) is 0 Å². The molecule has 84 valence electrons. The zero-order valence-electron chi connectivity index (χ0n) is 8.35. The standard InChI is InChI=1S/C8H8ClN5O2/c1-13-4-10-6(12-13)3-14-7(15)2-5(9)11-8(14)16/h2,4H,3H2,1H3,(H,11,16). The summed E-state index contributed by atoms with van der Waals surface area (Å²) in [6.45, 7) is 0.0200. The van der Waals surface area contributed by atoms with Crippen LogP contribution in [0.2, 0.25) is 5.15 Å².